The van der Waals surface area contributed by atoms with E-state index in [2.05, 4.69) is 41.9 Å². The van der Waals surface area contributed by atoms with Gasteiger partial charge in [0.05, 0.1) is 11.6 Å². The molecule has 0 spiro atoms. The fourth-order valence-electron chi connectivity index (χ4n) is 1.34. The Hall–Kier alpha value is -0.540. The van der Waals surface area contributed by atoms with Crippen molar-refractivity contribution in [2.24, 2.45) is 11.7 Å². The van der Waals surface area contributed by atoms with Gasteiger partial charge in [-0.05, 0) is 46.0 Å². The fourth-order valence-corrected chi connectivity index (χ4v) is 1.93. The minimum absolute atomic E-state index is 0.213. The second-order valence-electron chi connectivity index (χ2n) is 4.08. The molecule has 3 heteroatoms. The van der Waals surface area contributed by atoms with Gasteiger partial charge >= 0.3 is 0 Å². The van der Waals surface area contributed by atoms with Gasteiger partial charge in [0, 0.05) is 6.04 Å². The first kappa shape index (κ1) is 12.5. The second kappa shape index (κ2) is 5.52. The van der Waals surface area contributed by atoms with Crippen LogP contribution in [0, 0.1) is 5.92 Å². The van der Waals surface area contributed by atoms with Gasteiger partial charge in [-0.25, -0.2) is 0 Å². The molecule has 1 unspecified atom stereocenters. The van der Waals surface area contributed by atoms with Gasteiger partial charge < -0.3 is 10.5 Å². The van der Waals surface area contributed by atoms with E-state index in [1.807, 2.05) is 6.07 Å². The van der Waals surface area contributed by atoms with Crippen LogP contribution in [0.4, 0.5) is 0 Å². The fraction of sp³-hybridized carbons (Fsp3) is 0.500. The summed E-state index contributed by atoms with van der Waals surface area (Å²) in [4.78, 5) is 0. The van der Waals surface area contributed by atoms with Gasteiger partial charge in [0.1, 0.15) is 5.75 Å². The summed E-state index contributed by atoms with van der Waals surface area (Å²) in [6.07, 6.45) is 0.903. The van der Waals surface area contributed by atoms with Crippen molar-refractivity contribution < 1.29 is 4.74 Å². The molecule has 15 heavy (non-hydrogen) atoms. The third-order valence-corrected chi connectivity index (χ3v) is 3.16. The maximum absolute atomic E-state index is 6.02. The van der Waals surface area contributed by atoms with Gasteiger partial charge in [-0.15, -0.1) is 0 Å². The normalized spacial score (nSPS) is 12.9. The SMILES string of the molecule is COc1ccc(CC(N)C(C)C)cc1Br. The van der Waals surface area contributed by atoms with E-state index >= 15 is 0 Å². The van der Waals surface area contributed by atoms with Crippen LogP contribution in [0.1, 0.15) is 19.4 Å². The molecule has 0 heterocycles. The van der Waals surface area contributed by atoms with Crippen LogP contribution in [-0.4, -0.2) is 13.2 Å². The lowest BCUT2D eigenvalue weighted by Gasteiger charge is -2.16. The molecule has 1 rings (SSSR count). The minimum Gasteiger partial charge on any atom is -0.496 e. The highest BCUT2D eigenvalue weighted by Crippen LogP contribution is 2.26. The van der Waals surface area contributed by atoms with Crippen molar-refractivity contribution in [1.29, 1.82) is 0 Å². The van der Waals surface area contributed by atoms with Crippen LogP contribution in [0.15, 0.2) is 22.7 Å². The van der Waals surface area contributed by atoms with Crippen LogP contribution < -0.4 is 10.5 Å². The quantitative estimate of drug-likeness (QED) is 0.914. The zero-order chi connectivity index (χ0) is 11.4. The lowest BCUT2D eigenvalue weighted by atomic mass is 9.97. The summed E-state index contributed by atoms with van der Waals surface area (Å²) in [5, 5.41) is 0. The average Bonchev–Trinajstić information content (AvgIpc) is 2.18. The molecular formula is C12H18BrNO. The molecule has 0 aliphatic rings. The summed E-state index contributed by atoms with van der Waals surface area (Å²) in [5.74, 6) is 1.36. The number of halogens is 1. The number of hydrogen-bond donors (Lipinski definition) is 1. The van der Waals surface area contributed by atoms with E-state index in [4.69, 9.17) is 10.5 Å². The predicted octanol–water partition coefficient (Wildman–Crippen LogP) is 2.98. The molecule has 1 aromatic rings. The van der Waals surface area contributed by atoms with Crippen molar-refractivity contribution in [3.63, 3.8) is 0 Å². The summed E-state index contributed by atoms with van der Waals surface area (Å²) >= 11 is 3.47. The summed E-state index contributed by atoms with van der Waals surface area (Å²) in [6, 6.07) is 6.31. The maximum Gasteiger partial charge on any atom is 0.133 e. The van der Waals surface area contributed by atoms with E-state index in [0.717, 1.165) is 16.6 Å². The number of benzene rings is 1. The molecule has 0 saturated carbocycles. The van der Waals surface area contributed by atoms with Gasteiger partial charge in [-0.2, -0.15) is 0 Å². The Morgan fingerprint density at radius 1 is 1.40 bits per heavy atom. The van der Waals surface area contributed by atoms with Crippen molar-refractivity contribution in [3.05, 3.63) is 28.2 Å². The number of rotatable bonds is 4. The maximum atomic E-state index is 6.02. The summed E-state index contributed by atoms with van der Waals surface area (Å²) in [6.45, 7) is 4.28. The van der Waals surface area contributed by atoms with Crippen molar-refractivity contribution in [2.75, 3.05) is 7.11 Å². The third-order valence-electron chi connectivity index (χ3n) is 2.54. The number of ether oxygens (including phenoxy) is 1. The summed E-state index contributed by atoms with van der Waals surface area (Å²) < 4.78 is 6.16. The van der Waals surface area contributed by atoms with Gasteiger partial charge in [0.2, 0.25) is 0 Å². The van der Waals surface area contributed by atoms with Crippen molar-refractivity contribution in [2.45, 2.75) is 26.3 Å². The highest BCUT2D eigenvalue weighted by Gasteiger charge is 2.09. The molecule has 0 bridgehead atoms. The molecule has 2 N–H and O–H groups in total. The molecule has 0 aliphatic heterocycles. The lowest BCUT2D eigenvalue weighted by Crippen LogP contribution is -2.28. The average molecular weight is 272 g/mol. The van der Waals surface area contributed by atoms with Crippen LogP contribution in [0.3, 0.4) is 0 Å². The van der Waals surface area contributed by atoms with E-state index in [0.29, 0.717) is 5.92 Å². The van der Waals surface area contributed by atoms with Gasteiger partial charge in [-0.3, -0.25) is 0 Å². The van der Waals surface area contributed by atoms with Crippen LogP contribution in [0.2, 0.25) is 0 Å². The van der Waals surface area contributed by atoms with Crippen LogP contribution in [0.5, 0.6) is 5.75 Å². The predicted molar refractivity (Wildman–Crippen MR) is 67.2 cm³/mol. The minimum atomic E-state index is 0.213. The smallest absolute Gasteiger partial charge is 0.133 e. The Kier molecular flexibility index (Phi) is 4.61. The van der Waals surface area contributed by atoms with E-state index in [9.17, 15) is 0 Å². The second-order valence-corrected chi connectivity index (χ2v) is 4.94. The first-order chi connectivity index (χ1) is 7.04. The molecular weight excluding hydrogens is 254 g/mol. The standard InChI is InChI=1S/C12H18BrNO/c1-8(2)11(14)7-9-4-5-12(15-3)10(13)6-9/h4-6,8,11H,7,14H2,1-3H3. The molecule has 0 saturated heterocycles. The van der Waals surface area contributed by atoms with Crippen molar-refractivity contribution in [3.8, 4) is 5.75 Å². The van der Waals surface area contributed by atoms with Crippen LogP contribution in [0.25, 0.3) is 0 Å². The van der Waals surface area contributed by atoms with Gasteiger partial charge in [-0.1, -0.05) is 19.9 Å². The highest BCUT2D eigenvalue weighted by molar-refractivity contribution is 9.10. The van der Waals surface area contributed by atoms with Gasteiger partial charge in [0.15, 0.2) is 0 Å². The first-order valence-electron chi connectivity index (χ1n) is 5.12. The molecule has 1 atom stereocenters. The summed E-state index contributed by atoms with van der Waals surface area (Å²) in [5.41, 5.74) is 7.26. The zero-order valence-corrected chi connectivity index (χ0v) is 11.0. The Bertz CT molecular complexity index is 325. The van der Waals surface area contributed by atoms with E-state index < -0.39 is 0 Å². The van der Waals surface area contributed by atoms with E-state index in [1.165, 1.54) is 5.56 Å². The summed E-state index contributed by atoms with van der Waals surface area (Å²) in [7, 11) is 1.67. The van der Waals surface area contributed by atoms with E-state index in [-0.39, 0.29) is 6.04 Å². The third kappa shape index (κ3) is 3.50. The largest absolute Gasteiger partial charge is 0.496 e. The first-order valence-corrected chi connectivity index (χ1v) is 5.92. The Morgan fingerprint density at radius 3 is 2.53 bits per heavy atom. The topological polar surface area (TPSA) is 35.2 Å². The molecule has 84 valence electrons. The Morgan fingerprint density at radius 2 is 2.07 bits per heavy atom. The monoisotopic (exact) mass is 271 g/mol. The molecule has 0 fully saturated rings. The van der Waals surface area contributed by atoms with Crippen molar-refractivity contribution in [1.82, 2.24) is 0 Å². The molecule has 1 aromatic carbocycles. The van der Waals surface area contributed by atoms with Crippen molar-refractivity contribution >= 4 is 15.9 Å². The molecule has 0 aromatic heterocycles. The zero-order valence-electron chi connectivity index (χ0n) is 9.46. The lowest BCUT2D eigenvalue weighted by molar-refractivity contribution is 0.411. The molecule has 2 nitrogen and oxygen atoms in total. The molecule has 0 amide bonds. The van der Waals surface area contributed by atoms with Crippen LogP contribution >= 0.6 is 15.9 Å². The Balaban J connectivity index is 2.75. The number of methoxy groups -OCH3 is 1. The Labute approximate surface area is 99.9 Å². The van der Waals surface area contributed by atoms with Gasteiger partial charge in [0.25, 0.3) is 0 Å². The highest BCUT2D eigenvalue weighted by atomic mass is 79.9. The van der Waals surface area contributed by atoms with E-state index in [1.54, 1.807) is 7.11 Å². The number of hydrogen-bond acceptors (Lipinski definition) is 2. The molecule has 0 radical (unpaired) electrons. The van der Waals surface area contributed by atoms with Crippen LogP contribution in [-0.2, 0) is 6.42 Å². The molecule has 0 aliphatic carbocycles. The number of nitrogens with two attached hydrogens (primary N) is 1.